The van der Waals surface area contributed by atoms with Crippen LogP contribution in [-0.4, -0.2) is 23.8 Å². The summed E-state index contributed by atoms with van der Waals surface area (Å²) in [5, 5.41) is 9.87. The van der Waals surface area contributed by atoms with E-state index in [-0.39, 0.29) is 12.1 Å². The molecule has 0 aliphatic carbocycles. The van der Waals surface area contributed by atoms with Crippen LogP contribution in [0.2, 0.25) is 0 Å². The van der Waals surface area contributed by atoms with Crippen molar-refractivity contribution in [2.75, 3.05) is 6.61 Å². The Morgan fingerprint density at radius 1 is 0.960 bits per heavy atom. The van der Waals surface area contributed by atoms with Crippen LogP contribution in [0.3, 0.4) is 0 Å². The number of rotatable bonds is 17. The van der Waals surface area contributed by atoms with Gasteiger partial charge in [-0.25, -0.2) is 0 Å². The molecule has 0 spiro atoms. The third-order valence-electron chi connectivity index (χ3n) is 4.30. The lowest BCUT2D eigenvalue weighted by Gasteiger charge is -2.07. The number of ether oxygens (including phenoxy) is 1. The highest BCUT2D eigenvalue weighted by molar-refractivity contribution is 5.69. The predicted octanol–water partition coefficient (Wildman–Crippen LogP) is 6.19. The van der Waals surface area contributed by atoms with Crippen LogP contribution in [0.25, 0.3) is 0 Å². The summed E-state index contributed by atoms with van der Waals surface area (Å²) in [5.74, 6) is 0.365. The minimum Gasteiger partial charge on any atom is -0.465 e. The zero-order chi connectivity index (χ0) is 18.8. The Labute approximate surface area is 156 Å². The van der Waals surface area contributed by atoms with Gasteiger partial charge in [0.1, 0.15) is 0 Å². The van der Waals surface area contributed by atoms with Crippen LogP contribution in [-0.2, 0) is 9.53 Å². The van der Waals surface area contributed by atoms with Crippen molar-refractivity contribution in [1.29, 1.82) is 0 Å². The second-order valence-electron chi connectivity index (χ2n) is 7.59. The van der Waals surface area contributed by atoms with Crippen molar-refractivity contribution in [2.45, 2.75) is 110 Å². The molecule has 1 unspecified atom stereocenters. The molecular weight excluding hydrogens is 312 g/mol. The first-order valence-corrected chi connectivity index (χ1v) is 10.5. The van der Waals surface area contributed by atoms with E-state index in [9.17, 15) is 9.90 Å². The Kier molecular flexibility index (Phi) is 17.4. The largest absolute Gasteiger partial charge is 0.465 e. The molecule has 3 heteroatoms. The van der Waals surface area contributed by atoms with Gasteiger partial charge in [0.2, 0.25) is 0 Å². The molecule has 0 aromatic carbocycles. The summed E-state index contributed by atoms with van der Waals surface area (Å²) in [6.45, 7) is 6.85. The van der Waals surface area contributed by atoms with Crippen LogP contribution in [0.4, 0.5) is 0 Å². The molecule has 0 amide bonds. The zero-order valence-electron chi connectivity index (χ0n) is 17.0. The summed E-state index contributed by atoms with van der Waals surface area (Å²) in [6, 6.07) is 0. The highest BCUT2D eigenvalue weighted by Gasteiger charge is 2.04. The molecule has 1 N–H and O–H groups in total. The molecule has 3 nitrogen and oxygen atoms in total. The summed E-state index contributed by atoms with van der Waals surface area (Å²) >= 11 is 0. The molecule has 0 aromatic heterocycles. The zero-order valence-corrected chi connectivity index (χ0v) is 17.0. The fourth-order valence-electron chi connectivity index (χ4n) is 2.69. The molecule has 148 valence electrons. The summed E-state index contributed by atoms with van der Waals surface area (Å²) in [7, 11) is 0. The highest BCUT2D eigenvalue weighted by atomic mass is 16.5. The number of carbonyl (C=O) groups is 1. The van der Waals surface area contributed by atoms with Crippen LogP contribution in [0, 0.1) is 5.92 Å². The SMILES string of the molecule is CCCCCCC(O)C/C=C\CCCCCCCC(=O)OCC(C)C. The normalized spacial score (nSPS) is 12.8. The van der Waals surface area contributed by atoms with Gasteiger partial charge in [0.25, 0.3) is 0 Å². The van der Waals surface area contributed by atoms with Crippen LogP contribution < -0.4 is 0 Å². The third kappa shape index (κ3) is 19.3. The number of aliphatic hydroxyl groups is 1. The lowest BCUT2D eigenvalue weighted by molar-refractivity contribution is -0.144. The van der Waals surface area contributed by atoms with Crippen molar-refractivity contribution >= 4 is 5.97 Å². The maximum atomic E-state index is 11.5. The van der Waals surface area contributed by atoms with Crippen molar-refractivity contribution < 1.29 is 14.6 Å². The number of unbranched alkanes of at least 4 members (excludes halogenated alkanes) is 8. The number of allylic oxidation sites excluding steroid dienone is 1. The van der Waals surface area contributed by atoms with Crippen LogP contribution >= 0.6 is 0 Å². The maximum absolute atomic E-state index is 11.5. The van der Waals surface area contributed by atoms with Crippen molar-refractivity contribution in [3.05, 3.63) is 12.2 Å². The first-order chi connectivity index (χ1) is 12.1. The van der Waals surface area contributed by atoms with E-state index in [1.165, 1.54) is 38.5 Å². The quantitative estimate of drug-likeness (QED) is 0.192. The molecule has 25 heavy (non-hydrogen) atoms. The fourth-order valence-corrected chi connectivity index (χ4v) is 2.69. The van der Waals surface area contributed by atoms with E-state index >= 15 is 0 Å². The molecule has 0 heterocycles. The van der Waals surface area contributed by atoms with Gasteiger partial charge >= 0.3 is 5.97 Å². The smallest absolute Gasteiger partial charge is 0.305 e. The second kappa shape index (κ2) is 18.0. The van der Waals surface area contributed by atoms with Crippen molar-refractivity contribution in [3.63, 3.8) is 0 Å². The van der Waals surface area contributed by atoms with Crippen molar-refractivity contribution in [3.8, 4) is 0 Å². The lowest BCUT2D eigenvalue weighted by atomic mass is 10.1. The summed E-state index contributed by atoms with van der Waals surface area (Å²) < 4.78 is 5.16. The number of esters is 1. The summed E-state index contributed by atoms with van der Waals surface area (Å²) in [4.78, 5) is 11.5. The Hall–Kier alpha value is -0.830. The Morgan fingerprint density at radius 3 is 2.36 bits per heavy atom. The van der Waals surface area contributed by atoms with E-state index < -0.39 is 0 Å². The summed E-state index contributed by atoms with van der Waals surface area (Å²) in [6.07, 6.45) is 18.1. The maximum Gasteiger partial charge on any atom is 0.305 e. The average Bonchev–Trinajstić information content (AvgIpc) is 2.58. The van der Waals surface area contributed by atoms with Gasteiger partial charge in [-0.2, -0.15) is 0 Å². The van der Waals surface area contributed by atoms with E-state index in [0.717, 1.165) is 38.5 Å². The standard InChI is InChI=1S/C22H42O3/c1-4-5-6-13-16-21(23)17-14-11-9-7-8-10-12-15-18-22(24)25-19-20(2)3/h11,14,20-21,23H,4-10,12-13,15-19H2,1-3H3/b14-11-. The summed E-state index contributed by atoms with van der Waals surface area (Å²) in [5.41, 5.74) is 0. The minimum absolute atomic E-state index is 0.0510. The van der Waals surface area contributed by atoms with Crippen molar-refractivity contribution in [2.24, 2.45) is 5.92 Å². The minimum atomic E-state index is -0.163. The molecule has 0 saturated carbocycles. The van der Waals surface area contributed by atoms with Crippen molar-refractivity contribution in [1.82, 2.24) is 0 Å². The first-order valence-electron chi connectivity index (χ1n) is 10.5. The predicted molar refractivity (Wildman–Crippen MR) is 107 cm³/mol. The lowest BCUT2D eigenvalue weighted by Crippen LogP contribution is -2.09. The molecule has 0 rings (SSSR count). The van der Waals surface area contributed by atoms with Crippen LogP contribution in [0.1, 0.15) is 104 Å². The molecular formula is C22H42O3. The molecule has 0 fully saturated rings. The van der Waals surface area contributed by atoms with E-state index in [0.29, 0.717) is 18.9 Å². The number of hydrogen-bond acceptors (Lipinski definition) is 3. The molecule has 0 bridgehead atoms. The molecule has 1 atom stereocenters. The Bertz CT molecular complexity index is 323. The molecule has 0 radical (unpaired) electrons. The van der Waals surface area contributed by atoms with Gasteiger partial charge in [-0.3, -0.25) is 4.79 Å². The first kappa shape index (κ1) is 24.2. The molecule has 0 aliphatic heterocycles. The van der Waals surface area contributed by atoms with Gasteiger partial charge in [-0.15, -0.1) is 0 Å². The second-order valence-corrected chi connectivity index (χ2v) is 7.59. The van der Waals surface area contributed by atoms with Gasteiger partial charge in [0.15, 0.2) is 0 Å². The molecule has 0 saturated heterocycles. The van der Waals surface area contributed by atoms with E-state index in [2.05, 4.69) is 32.9 Å². The van der Waals surface area contributed by atoms with Gasteiger partial charge in [-0.05, 0) is 38.0 Å². The highest BCUT2D eigenvalue weighted by Crippen LogP contribution is 2.11. The average molecular weight is 355 g/mol. The molecule has 0 aromatic rings. The number of aliphatic hydroxyl groups excluding tert-OH is 1. The van der Waals surface area contributed by atoms with Gasteiger partial charge in [0, 0.05) is 6.42 Å². The topological polar surface area (TPSA) is 46.5 Å². The van der Waals surface area contributed by atoms with Gasteiger partial charge < -0.3 is 9.84 Å². The monoisotopic (exact) mass is 354 g/mol. The molecule has 0 aliphatic rings. The third-order valence-corrected chi connectivity index (χ3v) is 4.30. The fraction of sp³-hybridized carbons (Fsp3) is 0.864. The van der Waals surface area contributed by atoms with Crippen LogP contribution in [0.5, 0.6) is 0 Å². The Morgan fingerprint density at radius 2 is 1.64 bits per heavy atom. The Balaban J connectivity index is 3.33. The van der Waals surface area contributed by atoms with Crippen LogP contribution in [0.15, 0.2) is 12.2 Å². The van der Waals surface area contributed by atoms with E-state index in [4.69, 9.17) is 4.74 Å². The van der Waals surface area contributed by atoms with E-state index in [1.54, 1.807) is 0 Å². The number of hydrogen-bond donors (Lipinski definition) is 1. The van der Waals surface area contributed by atoms with E-state index in [1.807, 2.05) is 0 Å². The van der Waals surface area contributed by atoms with Gasteiger partial charge in [-0.1, -0.05) is 77.9 Å². The number of carbonyl (C=O) groups excluding carboxylic acids is 1. The van der Waals surface area contributed by atoms with Gasteiger partial charge in [0.05, 0.1) is 12.7 Å².